The predicted octanol–water partition coefficient (Wildman–Crippen LogP) is -0.377. The Morgan fingerprint density at radius 1 is 2.00 bits per heavy atom. The fourth-order valence-corrected chi connectivity index (χ4v) is 0. The van der Waals surface area contributed by atoms with Gasteiger partial charge in [-0.1, -0.05) is 0 Å². The summed E-state index contributed by atoms with van der Waals surface area (Å²) in [5.41, 5.74) is 1.88. The summed E-state index contributed by atoms with van der Waals surface area (Å²) >= 11 is 4.81. The average Bonchev–Trinajstić information content (AvgIpc) is 1.38. The van der Waals surface area contributed by atoms with Crippen LogP contribution in [0.4, 0.5) is 0 Å². The first-order chi connectivity index (χ1) is 2.27. The second-order valence-electron chi connectivity index (χ2n) is 0.458. The second-order valence-corrected chi connectivity index (χ2v) is 0.836. The molecule has 0 atom stereocenters. The van der Waals surface area contributed by atoms with Crippen LogP contribution in [0.2, 0.25) is 0 Å². The Bertz CT molecular complexity index is 42.2. The molecule has 3 nitrogen and oxygen atoms in total. The Labute approximate surface area is 34.6 Å². The summed E-state index contributed by atoms with van der Waals surface area (Å²) in [6.45, 7) is 0. The molecule has 4 heteroatoms. The summed E-state index contributed by atoms with van der Waals surface area (Å²) in [7, 11) is 0. The summed E-state index contributed by atoms with van der Waals surface area (Å²) in [4.78, 5) is 0. The molecule has 0 aromatic rings. The third-order valence-corrected chi connectivity index (χ3v) is 0.236. The lowest BCUT2D eigenvalue weighted by Gasteiger charge is -1.82. The number of rotatable bonds is 0. The molecule has 4 N–H and O–H groups in total. The van der Waals surface area contributed by atoms with Gasteiger partial charge in [0.25, 0.3) is 0 Å². The van der Waals surface area contributed by atoms with Crippen molar-refractivity contribution in [1.29, 1.82) is 5.41 Å². The lowest BCUT2D eigenvalue weighted by molar-refractivity contribution is 1.03. The molecule has 0 amide bonds. The maximum absolute atomic E-state index is 6.27. The first-order valence-electron chi connectivity index (χ1n) is 0.978. The molecule has 0 spiro atoms. The minimum absolute atomic E-state index is 0.245. The number of halogens is 1. The Balaban J connectivity index is 2.85. The predicted molar refractivity (Wildman–Crippen MR) is 20.9 cm³/mol. The first-order valence-corrected chi connectivity index (χ1v) is 1.36. The van der Waals surface area contributed by atoms with Crippen LogP contribution in [0.3, 0.4) is 0 Å². The summed E-state index contributed by atoms with van der Waals surface area (Å²) in [6.07, 6.45) is 0. The molecule has 0 aliphatic rings. The molecule has 5 heavy (non-hydrogen) atoms. The third kappa shape index (κ3) is 3.72. The maximum Gasteiger partial charge on any atom is 0.202 e. The lowest BCUT2D eigenvalue weighted by atomic mass is 11.3. The summed E-state index contributed by atoms with van der Waals surface area (Å²) in [6, 6.07) is 0. The molecule has 0 unspecified atom stereocenters. The lowest BCUT2D eigenvalue weighted by Crippen LogP contribution is -2.24. The normalized spacial score (nSPS) is 6.80. The molecule has 0 radical (unpaired) electrons. The largest absolute Gasteiger partial charge is 0.299 e. The van der Waals surface area contributed by atoms with E-state index in [-0.39, 0.29) is 5.29 Å². The Morgan fingerprint density at radius 2 is 2.20 bits per heavy atom. The fourth-order valence-electron chi connectivity index (χ4n) is 0. The van der Waals surface area contributed by atoms with Gasteiger partial charge in [-0.2, -0.15) is 0 Å². The Hall–Kier alpha value is -0.280. The summed E-state index contributed by atoms with van der Waals surface area (Å²) in [5.74, 6) is 4.56. The van der Waals surface area contributed by atoms with Gasteiger partial charge in [0.1, 0.15) is 0 Å². The zero-order valence-electron chi connectivity index (χ0n) is 2.46. The van der Waals surface area contributed by atoms with Gasteiger partial charge in [-0.3, -0.25) is 10.8 Å². The quantitative estimate of drug-likeness (QED) is 0.126. The van der Waals surface area contributed by atoms with Crippen LogP contribution >= 0.6 is 11.6 Å². The molecule has 0 heterocycles. The van der Waals surface area contributed by atoms with Crippen LogP contribution in [-0.2, 0) is 0 Å². The van der Waals surface area contributed by atoms with Gasteiger partial charge in [-0.15, -0.1) is 0 Å². The SMILES string of the molecule is N=C(Cl)NN. The molecular formula is CH4ClN3. The van der Waals surface area contributed by atoms with E-state index in [9.17, 15) is 0 Å². The van der Waals surface area contributed by atoms with E-state index >= 15 is 0 Å². The van der Waals surface area contributed by atoms with Gasteiger partial charge in [-0.05, 0) is 11.6 Å². The van der Waals surface area contributed by atoms with Crippen LogP contribution in [0.1, 0.15) is 0 Å². The highest BCUT2D eigenvalue weighted by molar-refractivity contribution is 6.63. The van der Waals surface area contributed by atoms with Crippen molar-refractivity contribution in [3.8, 4) is 0 Å². The molecule has 0 aromatic carbocycles. The molecule has 0 aromatic heterocycles. The van der Waals surface area contributed by atoms with Gasteiger partial charge in [0.2, 0.25) is 5.29 Å². The first kappa shape index (κ1) is 4.72. The standard InChI is InChI=1S/CH4ClN3/c2-1(3)5-4/h4H2,(H2,3,5). The van der Waals surface area contributed by atoms with Crippen LogP contribution < -0.4 is 11.3 Å². The summed E-state index contributed by atoms with van der Waals surface area (Å²) < 4.78 is 0. The van der Waals surface area contributed by atoms with E-state index in [4.69, 9.17) is 17.0 Å². The van der Waals surface area contributed by atoms with Crippen molar-refractivity contribution in [1.82, 2.24) is 5.43 Å². The van der Waals surface area contributed by atoms with Crippen molar-refractivity contribution in [2.45, 2.75) is 0 Å². The Kier molecular flexibility index (Phi) is 1.88. The van der Waals surface area contributed by atoms with Gasteiger partial charge in [0, 0.05) is 0 Å². The Morgan fingerprint density at radius 3 is 2.20 bits per heavy atom. The van der Waals surface area contributed by atoms with Crippen molar-refractivity contribution >= 4 is 16.9 Å². The molecule has 0 fully saturated rings. The van der Waals surface area contributed by atoms with Crippen LogP contribution in [0.5, 0.6) is 0 Å². The van der Waals surface area contributed by atoms with E-state index in [1.54, 1.807) is 0 Å². The summed E-state index contributed by atoms with van der Waals surface area (Å²) in [5, 5.41) is 6.03. The number of nitrogens with one attached hydrogen (secondary N) is 2. The highest BCUT2D eigenvalue weighted by Gasteiger charge is 1.70. The zero-order chi connectivity index (χ0) is 4.28. The third-order valence-electron chi connectivity index (χ3n) is 0.127. The molecule has 0 aliphatic carbocycles. The topological polar surface area (TPSA) is 61.9 Å². The zero-order valence-corrected chi connectivity index (χ0v) is 3.21. The number of hydrazine groups is 1. The monoisotopic (exact) mass is 93.0 g/mol. The molecular weight excluding hydrogens is 89.5 g/mol. The minimum atomic E-state index is -0.245. The van der Waals surface area contributed by atoms with Crippen molar-refractivity contribution in [2.75, 3.05) is 0 Å². The van der Waals surface area contributed by atoms with Gasteiger partial charge < -0.3 is 0 Å². The van der Waals surface area contributed by atoms with E-state index in [0.717, 1.165) is 0 Å². The van der Waals surface area contributed by atoms with Gasteiger partial charge in [0.15, 0.2) is 0 Å². The number of hydrogen-bond donors (Lipinski definition) is 3. The molecule has 0 rings (SSSR count). The molecule has 0 aliphatic heterocycles. The van der Waals surface area contributed by atoms with E-state index in [1.165, 1.54) is 0 Å². The van der Waals surface area contributed by atoms with E-state index in [0.29, 0.717) is 0 Å². The van der Waals surface area contributed by atoms with Crippen molar-refractivity contribution in [3.05, 3.63) is 0 Å². The fraction of sp³-hybridized carbons (Fsp3) is 0. The highest BCUT2D eigenvalue weighted by Crippen LogP contribution is 1.63. The molecule has 0 saturated heterocycles. The number of nitrogens with two attached hydrogens (primary N) is 1. The van der Waals surface area contributed by atoms with Gasteiger partial charge in [0.05, 0.1) is 0 Å². The smallest absolute Gasteiger partial charge is 0.202 e. The maximum atomic E-state index is 6.27. The van der Waals surface area contributed by atoms with Gasteiger partial charge >= 0.3 is 0 Å². The van der Waals surface area contributed by atoms with Crippen molar-refractivity contribution in [3.63, 3.8) is 0 Å². The molecule has 30 valence electrons. The molecule has 0 bridgehead atoms. The average molecular weight is 93.5 g/mol. The van der Waals surface area contributed by atoms with Crippen molar-refractivity contribution < 1.29 is 0 Å². The minimum Gasteiger partial charge on any atom is -0.299 e. The van der Waals surface area contributed by atoms with E-state index in [1.807, 2.05) is 5.43 Å². The highest BCUT2D eigenvalue weighted by atomic mass is 35.5. The van der Waals surface area contributed by atoms with Crippen LogP contribution in [0, 0.1) is 5.41 Å². The van der Waals surface area contributed by atoms with Gasteiger partial charge in [-0.25, -0.2) is 5.84 Å². The number of amidine groups is 1. The van der Waals surface area contributed by atoms with Crippen LogP contribution in [0.25, 0.3) is 0 Å². The molecule has 0 saturated carbocycles. The van der Waals surface area contributed by atoms with Crippen LogP contribution in [0.15, 0.2) is 0 Å². The van der Waals surface area contributed by atoms with E-state index in [2.05, 4.69) is 5.84 Å². The van der Waals surface area contributed by atoms with Crippen molar-refractivity contribution in [2.24, 2.45) is 5.84 Å². The second kappa shape index (κ2) is 1.99. The van der Waals surface area contributed by atoms with Crippen LogP contribution in [-0.4, -0.2) is 5.29 Å². The van der Waals surface area contributed by atoms with E-state index < -0.39 is 0 Å². The number of hydrogen-bond acceptors (Lipinski definition) is 2.